The van der Waals surface area contributed by atoms with Crippen molar-refractivity contribution in [3.05, 3.63) is 0 Å². The average Bonchev–Trinajstić information content (AvgIpc) is 2.01. The molecule has 0 aromatic carbocycles. The van der Waals surface area contributed by atoms with Gasteiger partial charge in [0.1, 0.15) is 0 Å². The molecular formula is C8H18N2O2. The minimum Gasteiger partial charge on any atom is -0.392 e. The molecule has 0 fully saturated rings. The summed E-state index contributed by atoms with van der Waals surface area (Å²) in [5.74, 6) is -0.0654. The van der Waals surface area contributed by atoms with Gasteiger partial charge in [-0.05, 0) is 19.9 Å². The summed E-state index contributed by atoms with van der Waals surface area (Å²) in [5.41, 5.74) is 0. The Morgan fingerprint density at radius 2 is 2.25 bits per heavy atom. The van der Waals surface area contributed by atoms with Crippen LogP contribution in [0.1, 0.15) is 20.3 Å². The van der Waals surface area contributed by atoms with Gasteiger partial charge in [0.25, 0.3) is 0 Å². The van der Waals surface area contributed by atoms with Gasteiger partial charge in [-0.3, -0.25) is 4.79 Å². The molecule has 0 rings (SSSR count). The summed E-state index contributed by atoms with van der Waals surface area (Å²) < 4.78 is 0. The normalized spacial score (nSPS) is 12.6. The van der Waals surface area contributed by atoms with Crippen LogP contribution in [-0.2, 0) is 4.79 Å². The topological polar surface area (TPSA) is 61.4 Å². The summed E-state index contributed by atoms with van der Waals surface area (Å²) in [4.78, 5) is 10.9. The van der Waals surface area contributed by atoms with Crippen LogP contribution in [0.4, 0.5) is 0 Å². The van der Waals surface area contributed by atoms with Gasteiger partial charge in [0.15, 0.2) is 0 Å². The molecule has 4 heteroatoms. The van der Waals surface area contributed by atoms with Crippen molar-refractivity contribution in [2.75, 3.05) is 19.6 Å². The molecule has 0 bridgehead atoms. The van der Waals surface area contributed by atoms with Gasteiger partial charge in [0.05, 0.1) is 12.6 Å². The predicted octanol–water partition coefficient (Wildman–Crippen LogP) is -0.517. The number of rotatable bonds is 6. The van der Waals surface area contributed by atoms with Gasteiger partial charge in [0, 0.05) is 6.54 Å². The van der Waals surface area contributed by atoms with E-state index in [9.17, 15) is 4.79 Å². The van der Waals surface area contributed by atoms with Crippen molar-refractivity contribution < 1.29 is 9.90 Å². The first-order chi connectivity index (χ1) is 5.66. The molecule has 0 radical (unpaired) electrons. The molecule has 3 N–H and O–H groups in total. The van der Waals surface area contributed by atoms with E-state index in [-0.39, 0.29) is 5.91 Å². The van der Waals surface area contributed by atoms with Gasteiger partial charge in [0.2, 0.25) is 5.91 Å². The Bertz CT molecular complexity index is 126. The van der Waals surface area contributed by atoms with Crippen molar-refractivity contribution in [2.45, 2.75) is 26.4 Å². The summed E-state index contributed by atoms with van der Waals surface area (Å²) in [6.45, 7) is 5.19. The predicted molar refractivity (Wildman–Crippen MR) is 47.9 cm³/mol. The van der Waals surface area contributed by atoms with Gasteiger partial charge >= 0.3 is 0 Å². The summed E-state index contributed by atoms with van der Waals surface area (Å²) in [5, 5.41) is 14.4. The van der Waals surface area contributed by atoms with Crippen molar-refractivity contribution in [2.24, 2.45) is 0 Å². The molecule has 0 aromatic heterocycles. The Morgan fingerprint density at radius 3 is 2.75 bits per heavy atom. The maximum atomic E-state index is 10.9. The van der Waals surface area contributed by atoms with Crippen molar-refractivity contribution in [1.29, 1.82) is 0 Å². The average molecular weight is 174 g/mol. The Labute approximate surface area is 73.3 Å². The van der Waals surface area contributed by atoms with E-state index in [0.717, 1.165) is 13.0 Å². The van der Waals surface area contributed by atoms with Crippen LogP contribution in [0.2, 0.25) is 0 Å². The molecule has 0 heterocycles. The number of amides is 1. The second-order valence-electron chi connectivity index (χ2n) is 2.83. The Balaban J connectivity index is 3.22. The van der Waals surface area contributed by atoms with E-state index in [2.05, 4.69) is 10.6 Å². The highest BCUT2D eigenvalue weighted by molar-refractivity contribution is 5.77. The fourth-order valence-electron chi connectivity index (χ4n) is 0.703. The zero-order valence-corrected chi connectivity index (χ0v) is 7.76. The highest BCUT2D eigenvalue weighted by atomic mass is 16.3. The second kappa shape index (κ2) is 7.06. The van der Waals surface area contributed by atoms with Gasteiger partial charge in [-0.25, -0.2) is 0 Å². The van der Waals surface area contributed by atoms with Gasteiger partial charge in [-0.15, -0.1) is 0 Å². The molecule has 12 heavy (non-hydrogen) atoms. The van der Waals surface area contributed by atoms with Crippen LogP contribution in [0.5, 0.6) is 0 Å². The van der Waals surface area contributed by atoms with Gasteiger partial charge in [-0.1, -0.05) is 6.92 Å². The minimum absolute atomic E-state index is 0.0654. The van der Waals surface area contributed by atoms with Crippen LogP contribution in [0.3, 0.4) is 0 Å². The van der Waals surface area contributed by atoms with Crippen LogP contribution in [0.15, 0.2) is 0 Å². The second-order valence-corrected chi connectivity index (χ2v) is 2.83. The summed E-state index contributed by atoms with van der Waals surface area (Å²) in [6.07, 6.45) is 0.545. The summed E-state index contributed by atoms with van der Waals surface area (Å²) in [6, 6.07) is 0. The SMILES string of the molecule is CCCNCC(=O)NCC(C)O. The van der Waals surface area contributed by atoms with E-state index < -0.39 is 6.10 Å². The van der Waals surface area contributed by atoms with Crippen LogP contribution >= 0.6 is 0 Å². The lowest BCUT2D eigenvalue weighted by Gasteiger charge is -2.07. The minimum atomic E-state index is -0.472. The van der Waals surface area contributed by atoms with Gasteiger partial charge in [-0.2, -0.15) is 0 Å². The third-order valence-corrected chi connectivity index (χ3v) is 1.31. The van der Waals surface area contributed by atoms with Crippen LogP contribution in [-0.4, -0.2) is 36.8 Å². The Kier molecular flexibility index (Phi) is 6.70. The lowest BCUT2D eigenvalue weighted by Crippen LogP contribution is -2.37. The van der Waals surface area contributed by atoms with Crippen LogP contribution in [0, 0.1) is 0 Å². The molecule has 0 aromatic rings. The first-order valence-electron chi connectivity index (χ1n) is 4.32. The molecule has 0 spiro atoms. The molecule has 0 aliphatic heterocycles. The maximum absolute atomic E-state index is 10.9. The number of hydrogen-bond acceptors (Lipinski definition) is 3. The monoisotopic (exact) mass is 174 g/mol. The molecule has 0 saturated carbocycles. The number of aliphatic hydroxyl groups is 1. The lowest BCUT2D eigenvalue weighted by atomic mass is 10.4. The standard InChI is InChI=1S/C8H18N2O2/c1-3-4-9-6-8(12)10-5-7(2)11/h7,9,11H,3-6H2,1-2H3,(H,10,12). The van der Waals surface area contributed by atoms with Crippen LogP contribution in [0.25, 0.3) is 0 Å². The van der Waals surface area contributed by atoms with Gasteiger partial charge < -0.3 is 15.7 Å². The number of hydrogen-bond donors (Lipinski definition) is 3. The first kappa shape index (κ1) is 11.4. The van der Waals surface area contributed by atoms with Crippen molar-refractivity contribution in [1.82, 2.24) is 10.6 Å². The quantitative estimate of drug-likeness (QED) is 0.475. The number of carbonyl (C=O) groups excluding carboxylic acids is 1. The summed E-state index contributed by atoms with van der Waals surface area (Å²) >= 11 is 0. The zero-order chi connectivity index (χ0) is 9.40. The molecule has 0 aliphatic carbocycles. The van der Waals surface area contributed by atoms with E-state index >= 15 is 0 Å². The number of nitrogens with one attached hydrogen (secondary N) is 2. The number of carbonyl (C=O) groups is 1. The molecular weight excluding hydrogens is 156 g/mol. The van der Waals surface area contributed by atoms with E-state index in [1.807, 2.05) is 6.92 Å². The third-order valence-electron chi connectivity index (χ3n) is 1.31. The lowest BCUT2D eigenvalue weighted by molar-refractivity contribution is -0.120. The van der Waals surface area contributed by atoms with Crippen LogP contribution < -0.4 is 10.6 Å². The molecule has 4 nitrogen and oxygen atoms in total. The third kappa shape index (κ3) is 7.50. The van der Waals surface area contributed by atoms with Crippen molar-refractivity contribution >= 4 is 5.91 Å². The Hall–Kier alpha value is -0.610. The zero-order valence-electron chi connectivity index (χ0n) is 7.76. The van der Waals surface area contributed by atoms with E-state index in [0.29, 0.717) is 13.1 Å². The molecule has 72 valence electrons. The molecule has 0 saturated heterocycles. The van der Waals surface area contributed by atoms with E-state index in [1.165, 1.54) is 0 Å². The van der Waals surface area contributed by atoms with E-state index in [4.69, 9.17) is 5.11 Å². The number of aliphatic hydroxyl groups excluding tert-OH is 1. The van der Waals surface area contributed by atoms with Crippen molar-refractivity contribution in [3.8, 4) is 0 Å². The fraction of sp³-hybridized carbons (Fsp3) is 0.875. The van der Waals surface area contributed by atoms with E-state index in [1.54, 1.807) is 6.92 Å². The highest BCUT2D eigenvalue weighted by Gasteiger charge is 2.00. The maximum Gasteiger partial charge on any atom is 0.234 e. The first-order valence-corrected chi connectivity index (χ1v) is 4.32. The molecule has 1 unspecified atom stereocenters. The molecule has 0 aliphatic rings. The summed E-state index contributed by atoms with van der Waals surface area (Å²) in [7, 11) is 0. The Morgan fingerprint density at radius 1 is 1.58 bits per heavy atom. The largest absolute Gasteiger partial charge is 0.392 e. The smallest absolute Gasteiger partial charge is 0.234 e. The molecule has 1 amide bonds. The highest BCUT2D eigenvalue weighted by Crippen LogP contribution is 1.75. The van der Waals surface area contributed by atoms with Crippen molar-refractivity contribution in [3.63, 3.8) is 0 Å². The fourth-order valence-corrected chi connectivity index (χ4v) is 0.703. The molecule has 1 atom stereocenters.